The van der Waals surface area contributed by atoms with Crippen LogP contribution in [0.25, 0.3) is 11.4 Å². The van der Waals surface area contributed by atoms with Gasteiger partial charge in [-0.3, -0.25) is 4.98 Å². The topological polar surface area (TPSA) is 63.8 Å². The van der Waals surface area contributed by atoms with Gasteiger partial charge in [-0.2, -0.15) is 0 Å². The molecule has 5 heteroatoms. The number of hydrogen-bond acceptors (Lipinski definition) is 5. The highest BCUT2D eigenvalue weighted by atomic mass is 16.3. The van der Waals surface area contributed by atoms with Crippen molar-refractivity contribution >= 4 is 5.82 Å². The van der Waals surface area contributed by atoms with E-state index in [4.69, 9.17) is 4.42 Å². The summed E-state index contributed by atoms with van der Waals surface area (Å²) in [6.07, 6.45) is 1.76. The maximum Gasteiger partial charge on any atom is 0.130 e. The maximum atomic E-state index is 5.54. The zero-order chi connectivity index (χ0) is 15.5. The predicted molar refractivity (Wildman–Crippen MR) is 85.5 cm³/mol. The van der Waals surface area contributed by atoms with Crippen LogP contribution in [0.15, 0.2) is 40.9 Å². The SMILES string of the molecule is Cc1nc(NCc2cc(C)oc2C)cc(-c2ccccn2)n1. The van der Waals surface area contributed by atoms with Crippen LogP contribution in [-0.4, -0.2) is 15.0 Å². The van der Waals surface area contributed by atoms with Gasteiger partial charge >= 0.3 is 0 Å². The summed E-state index contributed by atoms with van der Waals surface area (Å²) < 4.78 is 5.54. The van der Waals surface area contributed by atoms with E-state index in [1.165, 1.54) is 0 Å². The number of aryl methyl sites for hydroxylation is 3. The summed E-state index contributed by atoms with van der Waals surface area (Å²) in [6, 6.07) is 9.73. The number of furan rings is 1. The molecule has 0 amide bonds. The normalized spacial score (nSPS) is 10.7. The van der Waals surface area contributed by atoms with Crippen LogP contribution in [0.3, 0.4) is 0 Å². The minimum absolute atomic E-state index is 0.668. The number of anilines is 1. The molecule has 0 aliphatic rings. The Bertz CT molecular complexity index is 781. The molecular formula is C17H18N4O. The number of nitrogens with zero attached hydrogens (tertiary/aromatic N) is 3. The zero-order valence-electron chi connectivity index (χ0n) is 12.9. The number of aromatic nitrogens is 3. The van der Waals surface area contributed by atoms with Crippen LogP contribution in [0.2, 0.25) is 0 Å². The largest absolute Gasteiger partial charge is 0.466 e. The van der Waals surface area contributed by atoms with E-state index in [0.717, 1.165) is 34.3 Å². The minimum Gasteiger partial charge on any atom is -0.466 e. The number of nitrogens with one attached hydrogen (secondary N) is 1. The van der Waals surface area contributed by atoms with Gasteiger partial charge in [-0.05, 0) is 39.0 Å². The molecular weight excluding hydrogens is 276 g/mol. The summed E-state index contributed by atoms with van der Waals surface area (Å²) in [4.78, 5) is 13.2. The molecule has 22 heavy (non-hydrogen) atoms. The molecule has 5 nitrogen and oxygen atoms in total. The number of pyridine rings is 1. The van der Waals surface area contributed by atoms with Crippen molar-refractivity contribution in [2.75, 3.05) is 5.32 Å². The lowest BCUT2D eigenvalue weighted by Crippen LogP contribution is -2.04. The van der Waals surface area contributed by atoms with Gasteiger partial charge in [0.25, 0.3) is 0 Å². The van der Waals surface area contributed by atoms with Crippen LogP contribution >= 0.6 is 0 Å². The number of rotatable bonds is 4. The standard InChI is InChI=1S/C17H18N4O/c1-11-8-14(12(2)22-11)10-19-17-9-16(20-13(3)21-17)15-6-4-5-7-18-15/h4-9H,10H2,1-3H3,(H,19,20,21). The van der Waals surface area contributed by atoms with Gasteiger partial charge in [0.1, 0.15) is 23.2 Å². The van der Waals surface area contributed by atoms with Crippen LogP contribution in [0.1, 0.15) is 22.9 Å². The molecule has 0 aromatic carbocycles. The average molecular weight is 294 g/mol. The van der Waals surface area contributed by atoms with Crippen LogP contribution in [0.4, 0.5) is 5.82 Å². The van der Waals surface area contributed by atoms with E-state index in [9.17, 15) is 0 Å². The Morgan fingerprint density at radius 3 is 2.59 bits per heavy atom. The first-order chi connectivity index (χ1) is 10.6. The fourth-order valence-corrected chi connectivity index (χ4v) is 2.35. The predicted octanol–water partition coefficient (Wildman–Crippen LogP) is 3.67. The Hall–Kier alpha value is -2.69. The minimum atomic E-state index is 0.668. The molecule has 0 spiro atoms. The molecule has 3 aromatic rings. The maximum absolute atomic E-state index is 5.54. The van der Waals surface area contributed by atoms with Gasteiger partial charge in [0.05, 0.1) is 11.4 Å². The summed E-state index contributed by atoms with van der Waals surface area (Å²) in [5.41, 5.74) is 2.79. The second-order valence-corrected chi connectivity index (χ2v) is 5.19. The number of hydrogen-bond donors (Lipinski definition) is 1. The monoisotopic (exact) mass is 294 g/mol. The molecule has 0 saturated carbocycles. The lowest BCUT2D eigenvalue weighted by atomic mass is 10.2. The third-order valence-electron chi connectivity index (χ3n) is 3.37. The molecule has 3 heterocycles. The quantitative estimate of drug-likeness (QED) is 0.795. The van der Waals surface area contributed by atoms with Crippen molar-refractivity contribution in [3.8, 4) is 11.4 Å². The van der Waals surface area contributed by atoms with Gasteiger partial charge in [-0.25, -0.2) is 9.97 Å². The van der Waals surface area contributed by atoms with Crippen molar-refractivity contribution in [3.05, 3.63) is 59.4 Å². The van der Waals surface area contributed by atoms with Crippen LogP contribution in [0.5, 0.6) is 0 Å². The second kappa shape index (κ2) is 5.97. The molecule has 0 saturated heterocycles. The molecule has 0 bridgehead atoms. The fourth-order valence-electron chi connectivity index (χ4n) is 2.35. The Morgan fingerprint density at radius 1 is 1.05 bits per heavy atom. The van der Waals surface area contributed by atoms with E-state index in [1.807, 2.05) is 51.1 Å². The van der Waals surface area contributed by atoms with Gasteiger partial charge in [-0.1, -0.05) is 6.07 Å². The van der Waals surface area contributed by atoms with E-state index in [1.54, 1.807) is 6.20 Å². The van der Waals surface area contributed by atoms with E-state index >= 15 is 0 Å². The van der Waals surface area contributed by atoms with E-state index in [0.29, 0.717) is 12.4 Å². The Labute approximate surface area is 129 Å². The zero-order valence-corrected chi connectivity index (χ0v) is 12.9. The highest BCUT2D eigenvalue weighted by molar-refractivity contribution is 5.58. The van der Waals surface area contributed by atoms with Crippen molar-refractivity contribution in [2.24, 2.45) is 0 Å². The first kappa shape index (κ1) is 14.3. The fraction of sp³-hybridized carbons (Fsp3) is 0.235. The van der Waals surface area contributed by atoms with Crippen molar-refractivity contribution in [1.82, 2.24) is 15.0 Å². The lowest BCUT2D eigenvalue weighted by Gasteiger charge is -2.08. The van der Waals surface area contributed by atoms with Gasteiger partial charge in [0, 0.05) is 24.4 Å². The van der Waals surface area contributed by atoms with Gasteiger partial charge in [0.2, 0.25) is 0 Å². The van der Waals surface area contributed by atoms with Gasteiger partial charge in [-0.15, -0.1) is 0 Å². The average Bonchev–Trinajstić information content (AvgIpc) is 2.83. The first-order valence-corrected chi connectivity index (χ1v) is 7.18. The molecule has 0 unspecified atom stereocenters. The molecule has 3 rings (SSSR count). The Kier molecular flexibility index (Phi) is 3.87. The van der Waals surface area contributed by atoms with E-state index in [-0.39, 0.29) is 0 Å². The van der Waals surface area contributed by atoms with Crippen molar-refractivity contribution in [2.45, 2.75) is 27.3 Å². The summed E-state index contributed by atoms with van der Waals surface area (Å²) >= 11 is 0. The van der Waals surface area contributed by atoms with Crippen LogP contribution in [-0.2, 0) is 6.54 Å². The second-order valence-electron chi connectivity index (χ2n) is 5.19. The van der Waals surface area contributed by atoms with Crippen molar-refractivity contribution in [3.63, 3.8) is 0 Å². The Morgan fingerprint density at radius 2 is 1.91 bits per heavy atom. The van der Waals surface area contributed by atoms with Crippen molar-refractivity contribution in [1.29, 1.82) is 0 Å². The molecule has 0 aliphatic heterocycles. The molecule has 0 atom stereocenters. The Balaban J connectivity index is 1.82. The summed E-state index contributed by atoms with van der Waals surface area (Å²) in [5.74, 6) is 3.35. The third kappa shape index (κ3) is 3.14. The van der Waals surface area contributed by atoms with Crippen molar-refractivity contribution < 1.29 is 4.42 Å². The molecule has 0 radical (unpaired) electrons. The van der Waals surface area contributed by atoms with E-state index in [2.05, 4.69) is 20.3 Å². The molecule has 0 aliphatic carbocycles. The molecule has 112 valence electrons. The molecule has 0 fully saturated rings. The van der Waals surface area contributed by atoms with Gasteiger partial charge in [0.15, 0.2) is 0 Å². The summed E-state index contributed by atoms with van der Waals surface area (Å²) in [6.45, 7) is 6.46. The van der Waals surface area contributed by atoms with Gasteiger partial charge < -0.3 is 9.73 Å². The van der Waals surface area contributed by atoms with Crippen LogP contribution < -0.4 is 5.32 Å². The summed E-state index contributed by atoms with van der Waals surface area (Å²) in [7, 11) is 0. The third-order valence-corrected chi connectivity index (χ3v) is 3.37. The van der Waals surface area contributed by atoms with E-state index < -0.39 is 0 Å². The first-order valence-electron chi connectivity index (χ1n) is 7.18. The summed E-state index contributed by atoms with van der Waals surface area (Å²) in [5, 5.41) is 3.33. The van der Waals surface area contributed by atoms with Crippen LogP contribution in [0, 0.1) is 20.8 Å². The highest BCUT2D eigenvalue weighted by Gasteiger charge is 2.07. The molecule has 3 aromatic heterocycles. The highest BCUT2D eigenvalue weighted by Crippen LogP contribution is 2.19. The molecule has 1 N–H and O–H groups in total. The lowest BCUT2D eigenvalue weighted by molar-refractivity contribution is 0.501. The smallest absolute Gasteiger partial charge is 0.130 e.